The summed E-state index contributed by atoms with van der Waals surface area (Å²) in [6, 6.07) is 6.56. The number of hydrogen-bond acceptors (Lipinski definition) is 6. The van der Waals surface area contributed by atoms with Gasteiger partial charge in [0.05, 0.1) is 12.2 Å². The normalized spacial score (nSPS) is 10.2. The molecule has 0 aliphatic carbocycles. The van der Waals surface area contributed by atoms with Crippen molar-refractivity contribution in [2.45, 2.75) is 13.5 Å². The van der Waals surface area contributed by atoms with Crippen molar-refractivity contribution in [2.75, 3.05) is 11.9 Å². The predicted octanol–water partition coefficient (Wildman–Crippen LogP) is 2.03. The number of carbonyl (C=O) groups excluding carboxylic acids is 2. The fraction of sp³-hybridized carbons (Fsp3) is 0.214. The number of esters is 1. The lowest BCUT2D eigenvalue weighted by molar-refractivity contribution is 0.0526. The Balaban J connectivity index is 2.10. The largest absolute Gasteiger partial charge is 0.462 e. The van der Waals surface area contributed by atoms with E-state index in [-0.39, 0.29) is 5.91 Å². The number of ether oxygens (including phenoxy) is 1. The number of aromatic nitrogens is 1. The second-order valence-corrected chi connectivity index (χ2v) is 5.03. The van der Waals surface area contributed by atoms with Gasteiger partial charge in [0.1, 0.15) is 10.7 Å². The topological polar surface area (TPSA) is 94.3 Å². The molecule has 0 bridgehead atoms. The molecule has 0 radical (unpaired) electrons. The molecule has 110 valence electrons. The van der Waals surface area contributed by atoms with Crippen molar-refractivity contribution in [3.63, 3.8) is 0 Å². The Labute approximate surface area is 125 Å². The highest BCUT2D eigenvalue weighted by molar-refractivity contribution is 7.09. The second kappa shape index (κ2) is 6.96. The third kappa shape index (κ3) is 3.87. The van der Waals surface area contributed by atoms with E-state index in [0.29, 0.717) is 35.1 Å². The number of rotatable bonds is 5. The second-order valence-electron chi connectivity index (χ2n) is 4.09. The minimum Gasteiger partial charge on any atom is -0.462 e. The van der Waals surface area contributed by atoms with Crippen molar-refractivity contribution in [3.05, 3.63) is 45.9 Å². The van der Waals surface area contributed by atoms with Crippen LogP contribution >= 0.6 is 11.3 Å². The van der Waals surface area contributed by atoms with Gasteiger partial charge in [0, 0.05) is 17.6 Å². The van der Waals surface area contributed by atoms with Crippen molar-refractivity contribution in [1.29, 1.82) is 0 Å². The Kier molecular flexibility index (Phi) is 5.02. The van der Waals surface area contributed by atoms with Crippen LogP contribution in [0.25, 0.3) is 0 Å². The maximum Gasteiger partial charge on any atom is 0.338 e. The quantitative estimate of drug-likeness (QED) is 0.824. The molecule has 0 unspecified atom stereocenters. The standard InChI is InChI=1S/C14H15N3O3S/c1-2-20-14(19)9-4-3-5-10(6-9)16-13(18)11-8-21-12(7-15)17-11/h3-6,8H,2,7,15H2,1H3,(H,16,18). The van der Waals surface area contributed by atoms with Gasteiger partial charge >= 0.3 is 5.97 Å². The molecular formula is C14H15N3O3S. The van der Waals surface area contributed by atoms with Gasteiger partial charge in [-0.3, -0.25) is 4.79 Å². The summed E-state index contributed by atoms with van der Waals surface area (Å²) in [6.07, 6.45) is 0. The maximum atomic E-state index is 12.0. The number of nitrogens with zero attached hydrogens (tertiary/aromatic N) is 1. The van der Waals surface area contributed by atoms with Crippen LogP contribution in [0.4, 0.5) is 5.69 Å². The molecule has 0 spiro atoms. The summed E-state index contributed by atoms with van der Waals surface area (Å²) < 4.78 is 4.91. The number of nitrogens with one attached hydrogen (secondary N) is 1. The van der Waals surface area contributed by atoms with Gasteiger partial charge in [-0.15, -0.1) is 11.3 Å². The SMILES string of the molecule is CCOC(=O)c1cccc(NC(=O)c2csc(CN)n2)c1. The summed E-state index contributed by atoms with van der Waals surface area (Å²) in [4.78, 5) is 27.8. The number of nitrogens with two attached hydrogens (primary N) is 1. The average Bonchev–Trinajstić information content (AvgIpc) is 2.97. The molecule has 0 aliphatic heterocycles. The van der Waals surface area contributed by atoms with E-state index in [0.717, 1.165) is 0 Å². The zero-order valence-corrected chi connectivity index (χ0v) is 12.3. The minimum atomic E-state index is -0.423. The minimum absolute atomic E-state index is 0.302. The maximum absolute atomic E-state index is 12.0. The van der Waals surface area contributed by atoms with Crippen molar-refractivity contribution in [2.24, 2.45) is 5.73 Å². The van der Waals surface area contributed by atoms with E-state index < -0.39 is 5.97 Å². The number of benzene rings is 1. The molecule has 2 rings (SSSR count). The lowest BCUT2D eigenvalue weighted by Crippen LogP contribution is -2.13. The molecule has 1 amide bonds. The highest BCUT2D eigenvalue weighted by Crippen LogP contribution is 2.15. The van der Waals surface area contributed by atoms with Gasteiger partial charge in [0.2, 0.25) is 0 Å². The van der Waals surface area contributed by atoms with Crippen LogP contribution in [0.5, 0.6) is 0 Å². The lowest BCUT2D eigenvalue weighted by Gasteiger charge is -2.06. The summed E-state index contributed by atoms with van der Waals surface area (Å²) in [6.45, 7) is 2.34. The number of hydrogen-bond donors (Lipinski definition) is 2. The summed E-state index contributed by atoms with van der Waals surface area (Å²) in [7, 11) is 0. The van der Waals surface area contributed by atoms with E-state index in [9.17, 15) is 9.59 Å². The summed E-state index contributed by atoms with van der Waals surface area (Å²) >= 11 is 1.33. The number of anilines is 1. The monoisotopic (exact) mass is 305 g/mol. The third-order valence-corrected chi connectivity index (χ3v) is 3.46. The molecule has 0 fully saturated rings. The highest BCUT2D eigenvalue weighted by Gasteiger charge is 2.12. The first-order valence-corrected chi connectivity index (χ1v) is 7.25. The van der Waals surface area contributed by atoms with Crippen LogP contribution in [0, 0.1) is 0 Å². The van der Waals surface area contributed by atoms with Gasteiger partial charge in [-0.25, -0.2) is 9.78 Å². The van der Waals surface area contributed by atoms with E-state index >= 15 is 0 Å². The molecule has 3 N–H and O–H groups in total. The van der Waals surface area contributed by atoms with Crippen molar-refractivity contribution < 1.29 is 14.3 Å². The molecule has 0 saturated carbocycles. The molecule has 1 aromatic carbocycles. The Hall–Kier alpha value is -2.25. The molecule has 0 saturated heterocycles. The van der Waals surface area contributed by atoms with Gasteiger partial charge in [0.15, 0.2) is 0 Å². The molecular weight excluding hydrogens is 290 g/mol. The summed E-state index contributed by atoms with van der Waals surface area (Å²) in [5, 5.41) is 5.03. The van der Waals surface area contributed by atoms with Crippen LogP contribution in [-0.4, -0.2) is 23.5 Å². The van der Waals surface area contributed by atoms with Gasteiger partial charge in [-0.05, 0) is 25.1 Å². The molecule has 2 aromatic rings. The van der Waals surface area contributed by atoms with E-state index in [1.165, 1.54) is 11.3 Å². The van der Waals surface area contributed by atoms with Crippen molar-refractivity contribution in [3.8, 4) is 0 Å². The zero-order valence-electron chi connectivity index (χ0n) is 11.5. The molecule has 1 heterocycles. The van der Waals surface area contributed by atoms with E-state index in [1.807, 2.05) is 0 Å². The van der Waals surface area contributed by atoms with Crippen LogP contribution < -0.4 is 11.1 Å². The van der Waals surface area contributed by atoms with Gasteiger partial charge in [-0.1, -0.05) is 6.07 Å². The van der Waals surface area contributed by atoms with Crippen molar-refractivity contribution in [1.82, 2.24) is 4.98 Å². The highest BCUT2D eigenvalue weighted by atomic mass is 32.1. The number of carbonyl (C=O) groups is 2. The summed E-state index contributed by atoms with van der Waals surface area (Å²) in [5.74, 6) is -0.764. The smallest absolute Gasteiger partial charge is 0.338 e. The van der Waals surface area contributed by atoms with Crippen molar-refractivity contribution >= 4 is 28.9 Å². The fourth-order valence-corrected chi connectivity index (χ4v) is 2.30. The Morgan fingerprint density at radius 1 is 1.43 bits per heavy atom. The number of thiazole rings is 1. The van der Waals surface area contributed by atoms with Crippen LogP contribution in [0.3, 0.4) is 0 Å². The fourth-order valence-electron chi connectivity index (χ4n) is 1.64. The van der Waals surface area contributed by atoms with Crippen LogP contribution in [0.15, 0.2) is 29.6 Å². The average molecular weight is 305 g/mol. The van der Waals surface area contributed by atoms with Gasteiger partial charge in [-0.2, -0.15) is 0 Å². The molecule has 6 nitrogen and oxygen atoms in total. The zero-order chi connectivity index (χ0) is 15.2. The molecule has 21 heavy (non-hydrogen) atoms. The Morgan fingerprint density at radius 3 is 2.90 bits per heavy atom. The Bertz CT molecular complexity index is 654. The van der Waals surface area contributed by atoms with E-state index in [4.69, 9.17) is 10.5 Å². The molecule has 0 atom stereocenters. The first-order chi connectivity index (χ1) is 10.1. The summed E-state index contributed by atoms with van der Waals surface area (Å²) in [5.41, 5.74) is 6.66. The predicted molar refractivity (Wildman–Crippen MR) is 80.4 cm³/mol. The van der Waals surface area contributed by atoms with Crippen LogP contribution in [-0.2, 0) is 11.3 Å². The van der Waals surface area contributed by atoms with Crippen LogP contribution in [0.2, 0.25) is 0 Å². The Morgan fingerprint density at radius 2 is 2.24 bits per heavy atom. The first-order valence-electron chi connectivity index (χ1n) is 6.37. The first kappa shape index (κ1) is 15.1. The van der Waals surface area contributed by atoms with Gasteiger partial charge in [0.25, 0.3) is 5.91 Å². The molecule has 7 heteroatoms. The third-order valence-electron chi connectivity index (χ3n) is 2.59. The van der Waals surface area contributed by atoms with E-state index in [2.05, 4.69) is 10.3 Å². The van der Waals surface area contributed by atoms with E-state index in [1.54, 1.807) is 36.6 Å². The molecule has 0 aliphatic rings. The number of amides is 1. The molecule has 1 aromatic heterocycles. The van der Waals surface area contributed by atoms with Gasteiger partial charge < -0.3 is 15.8 Å². The lowest BCUT2D eigenvalue weighted by atomic mass is 10.2. The van der Waals surface area contributed by atoms with Crippen LogP contribution in [0.1, 0.15) is 32.8 Å².